The molecule has 0 aliphatic rings. The monoisotopic (exact) mass is 304 g/mol. The fourth-order valence-electron chi connectivity index (χ4n) is 1.88. The van der Waals surface area contributed by atoms with Crippen LogP contribution in [0.15, 0.2) is 30.6 Å². The lowest BCUT2D eigenvalue weighted by Gasteiger charge is -1.99. The molecule has 0 aliphatic heterocycles. The molecule has 21 heavy (non-hydrogen) atoms. The number of nitro groups is 1. The Balaban J connectivity index is 1.94. The van der Waals surface area contributed by atoms with E-state index in [2.05, 4.69) is 19.9 Å². The number of rotatable bonds is 3. The average molecular weight is 304 g/mol. The molecule has 0 aliphatic carbocycles. The zero-order chi connectivity index (χ0) is 14.8. The van der Waals surface area contributed by atoms with Crippen molar-refractivity contribution in [3.05, 3.63) is 50.9 Å². The summed E-state index contributed by atoms with van der Waals surface area (Å²) in [6.07, 6.45) is 1.57. The van der Waals surface area contributed by atoms with Gasteiger partial charge in [-0.2, -0.15) is 16.3 Å². The Bertz CT molecular complexity index is 867. The largest absolute Gasteiger partial charge is 0.369 e. The number of nitrogens with zero attached hydrogens (tertiary/aromatic N) is 3. The fraction of sp³-hybridized carbons (Fsp3) is 0.0833. The number of non-ortho nitro benzene ring substituents is 1. The van der Waals surface area contributed by atoms with E-state index in [1.54, 1.807) is 18.5 Å². The first-order valence-corrected chi connectivity index (χ1v) is 7.14. The third kappa shape index (κ3) is 2.77. The highest BCUT2D eigenvalue weighted by Crippen LogP contribution is 2.17. The van der Waals surface area contributed by atoms with Gasteiger partial charge >= 0.3 is 0 Å². The molecule has 0 amide bonds. The Labute approximate surface area is 122 Å². The van der Waals surface area contributed by atoms with E-state index >= 15 is 0 Å². The molecule has 3 aromatic rings. The summed E-state index contributed by atoms with van der Waals surface area (Å²) in [7, 11) is 0. The van der Waals surface area contributed by atoms with Gasteiger partial charge in [0.1, 0.15) is 5.52 Å². The zero-order valence-electron chi connectivity index (χ0n) is 10.8. The third-order valence-electron chi connectivity index (χ3n) is 2.90. The minimum atomic E-state index is -0.410. The molecule has 0 unspecified atom stereocenters. The number of aromatic nitrogens is 4. The van der Waals surface area contributed by atoms with E-state index in [4.69, 9.17) is 5.73 Å². The van der Waals surface area contributed by atoms with Crippen molar-refractivity contribution in [3.63, 3.8) is 0 Å². The topological polar surface area (TPSA) is 127 Å². The molecule has 0 saturated carbocycles. The van der Waals surface area contributed by atoms with Crippen molar-refractivity contribution in [2.75, 3.05) is 5.73 Å². The smallest absolute Gasteiger partial charge is 0.269 e. The maximum absolute atomic E-state index is 10.6. The number of aromatic amines is 2. The standard InChI is InChI=1S/C12H12N6O2S/c13-12-16-10-9(14-6-15-10)11(17-12)21-5-7-1-3-8(4-2-7)18(19)20/h1-4,6,21H,5H2,(H,14,15)(H3,13,16,17). The van der Waals surface area contributed by atoms with Gasteiger partial charge < -0.3 is 15.7 Å². The predicted octanol–water partition coefficient (Wildman–Crippen LogP) is 1.97. The average Bonchev–Trinajstić information content (AvgIpc) is 2.93. The van der Waals surface area contributed by atoms with Crippen molar-refractivity contribution in [2.24, 2.45) is 0 Å². The molecule has 8 nitrogen and oxygen atoms in total. The SMILES string of the molecule is Nc1nc2nc[nH]c2c(=[SH]Cc2ccc([N+](=O)[O-])cc2)[nH]1. The summed E-state index contributed by atoms with van der Waals surface area (Å²) in [5.41, 5.74) is 8.17. The van der Waals surface area contributed by atoms with Crippen LogP contribution in [-0.4, -0.2) is 24.9 Å². The first-order chi connectivity index (χ1) is 10.1. The summed E-state index contributed by atoms with van der Waals surface area (Å²) in [6.45, 7) is 0. The minimum Gasteiger partial charge on any atom is -0.369 e. The number of nitrogens with one attached hydrogen (secondary N) is 2. The summed E-state index contributed by atoms with van der Waals surface area (Å²) in [4.78, 5) is 24.4. The van der Waals surface area contributed by atoms with Crippen molar-refractivity contribution >= 4 is 34.2 Å². The van der Waals surface area contributed by atoms with Gasteiger partial charge in [0.2, 0.25) is 0 Å². The number of thiol groups is 1. The van der Waals surface area contributed by atoms with Crippen LogP contribution in [0, 0.1) is 14.8 Å². The Morgan fingerprint density at radius 2 is 2.10 bits per heavy atom. The van der Waals surface area contributed by atoms with E-state index in [0.717, 1.165) is 27.1 Å². The van der Waals surface area contributed by atoms with E-state index < -0.39 is 4.92 Å². The van der Waals surface area contributed by atoms with Crippen LogP contribution in [0.2, 0.25) is 0 Å². The molecule has 9 heteroatoms. The van der Waals surface area contributed by atoms with Crippen molar-refractivity contribution in [2.45, 2.75) is 5.75 Å². The number of benzene rings is 1. The number of hydrogen-bond donors (Lipinski definition) is 4. The quantitative estimate of drug-likeness (QED) is 0.255. The highest BCUT2D eigenvalue weighted by Gasteiger charge is 2.04. The first kappa shape index (κ1) is 13.3. The van der Waals surface area contributed by atoms with Gasteiger partial charge in [-0.25, -0.2) is 4.98 Å². The molecular formula is C12H12N6O2S. The van der Waals surface area contributed by atoms with Gasteiger partial charge in [0.05, 0.1) is 15.9 Å². The van der Waals surface area contributed by atoms with Crippen molar-refractivity contribution in [3.8, 4) is 0 Å². The van der Waals surface area contributed by atoms with Crippen LogP contribution >= 0.6 is 11.4 Å². The molecule has 0 saturated heterocycles. The van der Waals surface area contributed by atoms with Crippen LogP contribution in [-0.2, 0) is 5.75 Å². The predicted molar refractivity (Wildman–Crippen MR) is 81.7 cm³/mol. The summed E-state index contributed by atoms with van der Waals surface area (Å²) < 4.78 is 0.883. The Hall–Kier alpha value is -2.68. The lowest BCUT2D eigenvalue weighted by molar-refractivity contribution is -0.384. The van der Waals surface area contributed by atoms with Crippen LogP contribution in [0.3, 0.4) is 0 Å². The molecule has 0 bridgehead atoms. The van der Waals surface area contributed by atoms with Crippen LogP contribution in [0.25, 0.3) is 11.2 Å². The van der Waals surface area contributed by atoms with Crippen molar-refractivity contribution < 1.29 is 4.92 Å². The summed E-state index contributed by atoms with van der Waals surface area (Å²) in [5, 5.41) is 10.6. The Morgan fingerprint density at radius 3 is 2.81 bits per heavy atom. The van der Waals surface area contributed by atoms with Crippen molar-refractivity contribution in [1.82, 2.24) is 19.9 Å². The van der Waals surface area contributed by atoms with Crippen LogP contribution in [0.1, 0.15) is 5.56 Å². The second-order valence-corrected chi connectivity index (χ2v) is 5.39. The Morgan fingerprint density at radius 1 is 1.33 bits per heavy atom. The van der Waals surface area contributed by atoms with Crippen LogP contribution < -0.4 is 5.73 Å². The summed E-state index contributed by atoms with van der Waals surface area (Å²) in [6, 6.07) is 6.50. The van der Waals surface area contributed by atoms with E-state index in [1.165, 1.54) is 12.1 Å². The Kier molecular flexibility index (Phi) is 3.40. The summed E-state index contributed by atoms with van der Waals surface area (Å²) in [5.74, 6) is 1.01. The van der Waals surface area contributed by atoms with E-state index in [0.29, 0.717) is 17.3 Å². The van der Waals surface area contributed by atoms with Gasteiger partial charge in [0.25, 0.3) is 5.69 Å². The fourth-order valence-corrected chi connectivity index (χ4v) is 2.95. The van der Waals surface area contributed by atoms with E-state index in [-0.39, 0.29) is 5.69 Å². The summed E-state index contributed by atoms with van der Waals surface area (Å²) >= 11 is 0.972. The molecule has 108 valence electrons. The van der Waals surface area contributed by atoms with Crippen molar-refractivity contribution in [1.29, 1.82) is 0 Å². The number of hydrogen-bond acceptors (Lipinski definition) is 5. The van der Waals surface area contributed by atoms with Gasteiger partial charge in [0, 0.05) is 17.9 Å². The second kappa shape index (κ2) is 5.37. The number of nitrogens with two attached hydrogens (primary N) is 1. The third-order valence-corrected chi connectivity index (χ3v) is 4.07. The number of nitro benzene ring substituents is 1. The minimum absolute atomic E-state index is 0.0890. The molecule has 2 aromatic heterocycles. The highest BCUT2D eigenvalue weighted by atomic mass is 32.1. The number of imidazole rings is 1. The molecule has 0 atom stereocenters. The number of H-pyrrole nitrogens is 2. The first-order valence-electron chi connectivity index (χ1n) is 6.06. The van der Waals surface area contributed by atoms with Gasteiger partial charge in [0.15, 0.2) is 11.6 Å². The van der Waals surface area contributed by atoms with Crippen LogP contribution in [0.4, 0.5) is 11.6 Å². The number of fused-ring (bicyclic) bond motifs is 1. The van der Waals surface area contributed by atoms with E-state index in [9.17, 15) is 10.1 Å². The lowest BCUT2D eigenvalue weighted by Crippen LogP contribution is -1.95. The molecular weight excluding hydrogens is 292 g/mol. The van der Waals surface area contributed by atoms with Gasteiger partial charge in [-0.05, 0) is 5.56 Å². The van der Waals surface area contributed by atoms with Gasteiger partial charge in [-0.1, -0.05) is 12.1 Å². The maximum atomic E-state index is 10.6. The molecule has 0 spiro atoms. The molecule has 2 heterocycles. The zero-order valence-corrected chi connectivity index (χ0v) is 11.7. The highest BCUT2D eigenvalue weighted by molar-refractivity contribution is 7.90. The van der Waals surface area contributed by atoms with E-state index in [1.807, 2.05) is 0 Å². The van der Waals surface area contributed by atoms with Gasteiger partial charge in [-0.3, -0.25) is 10.1 Å². The molecule has 3 rings (SSSR count). The van der Waals surface area contributed by atoms with Crippen LogP contribution in [0.5, 0.6) is 0 Å². The molecule has 4 N–H and O–H groups in total. The molecule has 1 aromatic carbocycles. The number of anilines is 1. The number of nitrogen functional groups attached to an aromatic ring is 1. The molecule has 0 fully saturated rings. The maximum Gasteiger partial charge on any atom is 0.269 e. The normalized spacial score (nSPS) is 12.3. The van der Waals surface area contributed by atoms with Gasteiger partial charge in [-0.15, -0.1) is 0 Å². The molecule has 0 radical (unpaired) electrons. The lowest BCUT2D eigenvalue weighted by atomic mass is 10.2. The second-order valence-electron chi connectivity index (χ2n) is 4.31.